The van der Waals surface area contributed by atoms with Crippen LogP contribution in [0, 0.1) is 13.8 Å². The van der Waals surface area contributed by atoms with Crippen LogP contribution in [0.1, 0.15) is 149 Å². The fraction of sp³-hybridized carbons (Fsp3) is 0.333. The van der Waals surface area contributed by atoms with Crippen LogP contribution in [-0.4, -0.2) is 66.8 Å². The predicted octanol–water partition coefficient (Wildman–Crippen LogP) is 14.0. The van der Waals surface area contributed by atoms with Gasteiger partial charge in [0, 0.05) is 0 Å². The summed E-state index contributed by atoms with van der Waals surface area (Å²) in [5, 5.41) is 2.32. The number of fused-ring (bicyclic) bond motifs is 5. The number of ether oxygens (including phenoxy) is 2. The van der Waals surface area contributed by atoms with Crippen LogP contribution in [0.4, 0.5) is 0 Å². The van der Waals surface area contributed by atoms with Crippen molar-refractivity contribution < 1.29 is 18.6 Å². The van der Waals surface area contributed by atoms with Crippen molar-refractivity contribution in [3.63, 3.8) is 0 Å². The summed E-state index contributed by atoms with van der Waals surface area (Å²) in [6.45, 7) is 9.22. The molecule has 1 spiro atoms. The summed E-state index contributed by atoms with van der Waals surface area (Å²) in [6, 6.07) is 79.0. The van der Waals surface area contributed by atoms with Gasteiger partial charge in [0.15, 0.2) is 0 Å². The van der Waals surface area contributed by atoms with Gasteiger partial charge in [-0.1, -0.05) is 45.6 Å². The first-order valence-electron chi connectivity index (χ1n) is 30.9. The Labute approximate surface area is 489 Å². The average molecular weight is 1200 g/mol. The number of rotatable bonds is 22. The Hall–Kier alpha value is -6.18. The molecule has 0 N–H and O–H groups in total. The topological polar surface area (TPSA) is 24.5 Å². The van der Waals surface area contributed by atoms with Gasteiger partial charge in [-0.05, 0) is 49.3 Å². The minimum atomic E-state index is -2.97. The second-order valence-electron chi connectivity index (χ2n) is 23.8. The first-order valence-corrected chi connectivity index (χ1v) is 39.2. The summed E-state index contributed by atoms with van der Waals surface area (Å²) in [4.78, 5) is 0. The maximum atomic E-state index is 7.63. The van der Waals surface area contributed by atoms with Crippen molar-refractivity contribution in [2.75, 3.05) is 0 Å². The third-order valence-electron chi connectivity index (χ3n) is 18.8. The van der Waals surface area contributed by atoms with Gasteiger partial charge in [-0.15, -0.1) is 0 Å². The molecular weight excluding hydrogens is 1110 g/mol. The molecule has 8 aromatic rings. The van der Waals surface area contributed by atoms with Gasteiger partial charge in [0.2, 0.25) is 0 Å². The molecular formula is C75H84As2N2O2+4. The molecule has 6 heteroatoms. The number of unbranched alkanes of at least 4 members (excludes halogenated alkanes) is 2. The van der Waals surface area contributed by atoms with Crippen LogP contribution in [0.5, 0.6) is 11.5 Å². The number of hydrogen-bond donors (Lipinski definition) is 0. The van der Waals surface area contributed by atoms with Gasteiger partial charge < -0.3 is 0 Å². The molecule has 1 aliphatic carbocycles. The number of hydrogen-bond acceptors (Lipinski definition) is 2. The van der Waals surface area contributed by atoms with Crippen LogP contribution in [0.25, 0.3) is 0 Å². The SMILES string of the molecule is CCCCC(CCCC)c1cc(C)c2c(c1)C=[N+]1C3CCCCC3[N+]3=Cc4cc(C(CCC[As+](c5ccccc5)(c5ccccc5)c5ccccc5)CCC[As+](c5ccccc5)(c5ccccc5)c5ccccc5)cc(C)c4OC13O2. The number of nitrogens with zero attached hydrogens (tertiary/aromatic N) is 2. The minimum absolute atomic E-state index is 0.292. The fourth-order valence-corrected chi connectivity index (χ4v) is 33.2. The van der Waals surface area contributed by atoms with Crippen molar-refractivity contribution in [3.05, 3.63) is 240 Å². The normalized spacial score (nSPS) is 18.1. The van der Waals surface area contributed by atoms with E-state index in [1.807, 2.05) is 0 Å². The zero-order chi connectivity index (χ0) is 55.2. The standard InChI is InChI=1S/C75H84As2N2O2/c1-5-7-31-59(32-8-6-2)61-51-57(3)73-63(53-61)55-78-71-47-27-28-48-72(71)79-56-64-54-62(52-58(4)74(64)81-75(78,79)80-73)60(33-29-49-76(65-35-15-9-16-36-65,66-37-17-10-18-38-66)67-39-19-11-20-40-67)34-30-50-77(68-41-21-12-22-42-68,69-43-23-13-24-44-69)70-45-25-14-26-46-70/h9-26,35-46,51-56,59-60,71-72H,5-8,27-34,47-50H2,1-4H3/q+4. The summed E-state index contributed by atoms with van der Waals surface area (Å²) in [6.07, 6.45) is 21.6. The molecule has 3 aliphatic heterocycles. The van der Waals surface area contributed by atoms with Crippen molar-refractivity contribution in [2.45, 2.75) is 158 Å². The molecule has 3 atom stereocenters. The van der Waals surface area contributed by atoms with Crippen LogP contribution in [-0.2, 0) is 0 Å². The Balaban J connectivity index is 0.936. The van der Waals surface area contributed by atoms with E-state index in [4.69, 9.17) is 9.47 Å². The van der Waals surface area contributed by atoms with Crippen LogP contribution in [0.3, 0.4) is 0 Å². The van der Waals surface area contributed by atoms with E-state index in [1.54, 1.807) is 0 Å². The van der Waals surface area contributed by atoms with Gasteiger partial charge in [0.25, 0.3) is 0 Å². The Bertz CT molecular complexity index is 3130. The molecule has 3 heterocycles. The first-order chi connectivity index (χ1) is 39.9. The molecule has 0 radical (unpaired) electrons. The molecule has 412 valence electrons. The van der Waals surface area contributed by atoms with Crippen LogP contribution < -0.4 is 35.6 Å². The van der Waals surface area contributed by atoms with Crippen LogP contribution in [0.15, 0.2) is 206 Å². The summed E-state index contributed by atoms with van der Waals surface area (Å²) in [5.74, 6) is 2.85. The van der Waals surface area contributed by atoms with Crippen molar-refractivity contribution in [1.29, 1.82) is 0 Å². The maximum absolute atomic E-state index is 7.63. The molecule has 12 rings (SSSR count). The Morgan fingerprint density at radius 3 is 1.01 bits per heavy atom. The van der Waals surface area contributed by atoms with E-state index in [-0.39, 0.29) is 0 Å². The third-order valence-corrected chi connectivity index (χ3v) is 37.8. The van der Waals surface area contributed by atoms with Crippen LogP contribution in [0.2, 0.25) is 10.4 Å². The van der Waals surface area contributed by atoms with E-state index in [2.05, 4.69) is 256 Å². The first kappa shape index (κ1) is 55.4. The van der Waals surface area contributed by atoms with Crippen molar-refractivity contribution in [2.24, 2.45) is 0 Å². The number of benzene rings is 8. The number of aryl methyl sites for hydroxylation is 2. The Morgan fingerprint density at radius 1 is 0.420 bits per heavy atom. The third kappa shape index (κ3) is 10.7. The summed E-state index contributed by atoms with van der Waals surface area (Å²) in [7, 11) is 0. The monoisotopic (exact) mass is 1190 g/mol. The summed E-state index contributed by atoms with van der Waals surface area (Å²) < 4.78 is 29.3. The molecule has 0 bridgehead atoms. The van der Waals surface area contributed by atoms with E-state index in [9.17, 15) is 0 Å². The van der Waals surface area contributed by atoms with E-state index < -0.39 is 33.1 Å². The van der Waals surface area contributed by atoms with Gasteiger partial charge in [-0.25, -0.2) is 0 Å². The Morgan fingerprint density at radius 2 is 0.716 bits per heavy atom. The molecule has 0 amide bonds. The molecule has 4 nitrogen and oxygen atoms in total. The molecule has 1 saturated carbocycles. The molecule has 1 saturated heterocycles. The fourth-order valence-electron chi connectivity index (χ4n) is 14.8. The second-order valence-corrected chi connectivity index (χ2v) is 39.0. The van der Waals surface area contributed by atoms with Gasteiger partial charge in [-0.2, -0.15) is 0 Å². The zero-order valence-electron chi connectivity index (χ0n) is 48.5. The predicted molar refractivity (Wildman–Crippen MR) is 344 cm³/mol. The summed E-state index contributed by atoms with van der Waals surface area (Å²) in [5.41, 5.74) is 7.72. The van der Waals surface area contributed by atoms with E-state index in [0.29, 0.717) is 23.9 Å². The van der Waals surface area contributed by atoms with Crippen molar-refractivity contribution in [1.82, 2.24) is 0 Å². The van der Waals surface area contributed by atoms with Gasteiger partial charge >= 0.3 is 393 Å². The molecule has 2 fully saturated rings. The van der Waals surface area contributed by atoms with Gasteiger partial charge in [-0.3, -0.25) is 0 Å². The Kier molecular flexibility index (Phi) is 16.9. The van der Waals surface area contributed by atoms with Crippen molar-refractivity contribution >= 4 is 65.6 Å². The molecule has 3 unspecified atom stereocenters. The van der Waals surface area contributed by atoms with Crippen LogP contribution >= 0.6 is 0 Å². The second kappa shape index (κ2) is 24.7. The average Bonchev–Trinajstić information content (AvgIpc) is 2.68. The van der Waals surface area contributed by atoms with Gasteiger partial charge in [0.05, 0.1) is 5.56 Å². The van der Waals surface area contributed by atoms with Crippen molar-refractivity contribution in [3.8, 4) is 11.5 Å². The zero-order valence-corrected chi connectivity index (χ0v) is 52.3. The molecule has 0 aromatic heterocycles. The van der Waals surface area contributed by atoms with Gasteiger partial charge in [0.1, 0.15) is 0 Å². The molecule has 8 aromatic carbocycles. The quantitative estimate of drug-likeness (QED) is 0.0499. The summed E-state index contributed by atoms with van der Waals surface area (Å²) >= 11 is -5.95. The molecule has 81 heavy (non-hydrogen) atoms. The van der Waals surface area contributed by atoms with E-state index >= 15 is 0 Å². The van der Waals surface area contributed by atoms with E-state index in [1.165, 1.54) is 111 Å². The van der Waals surface area contributed by atoms with E-state index in [0.717, 1.165) is 60.4 Å². The molecule has 4 aliphatic rings.